The summed E-state index contributed by atoms with van der Waals surface area (Å²) in [7, 11) is -8.10. The molecule has 4 aromatic carbocycles. The van der Waals surface area contributed by atoms with Gasteiger partial charge < -0.3 is 18.1 Å². The zero-order valence-electron chi connectivity index (χ0n) is 28.8. The number of benzene rings is 4. The van der Waals surface area contributed by atoms with Gasteiger partial charge in [-0.05, 0) is 84.6 Å². The summed E-state index contributed by atoms with van der Waals surface area (Å²) < 4.78 is 54.4. The molecule has 0 aliphatic rings. The van der Waals surface area contributed by atoms with E-state index >= 15 is 9.13 Å². The van der Waals surface area contributed by atoms with Crippen molar-refractivity contribution >= 4 is 81.4 Å². The molecule has 6 nitrogen and oxygen atoms in total. The molecule has 7 rings (SSSR count). The van der Waals surface area contributed by atoms with Crippen molar-refractivity contribution < 1.29 is 27.2 Å². The van der Waals surface area contributed by atoms with Gasteiger partial charge in [-0.2, -0.15) is 0 Å². The van der Waals surface area contributed by atoms with Gasteiger partial charge in [0.2, 0.25) is 0 Å². The van der Waals surface area contributed by atoms with Crippen LogP contribution >= 0.6 is 49.2 Å². The maximum Gasteiger partial charge on any atom is 0.363 e. The molecule has 0 saturated heterocycles. The average molecular weight is 773 g/mol. The van der Waals surface area contributed by atoms with Crippen molar-refractivity contribution in [2.75, 3.05) is 26.4 Å². The second-order valence-electron chi connectivity index (χ2n) is 11.5. The number of thiophene rings is 3. The van der Waals surface area contributed by atoms with Gasteiger partial charge in [0.1, 0.15) is 0 Å². The Morgan fingerprint density at radius 2 is 0.784 bits per heavy atom. The SMILES string of the molecule is CCOP(=O)(OCC)c1c(-c2ccc(-c3cccc4ccccc34)s2)sc(-c2ccc(-c3cccc4ccccc34)s2)c1P(=O)(OCC)OCC. The first kappa shape index (κ1) is 36.2. The van der Waals surface area contributed by atoms with Gasteiger partial charge in [0.15, 0.2) is 0 Å². The van der Waals surface area contributed by atoms with Crippen LogP contribution in [0, 0.1) is 0 Å². The molecule has 0 unspecified atom stereocenters. The molecular formula is C40H38O6P2S3. The third-order valence-electron chi connectivity index (χ3n) is 8.37. The van der Waals surface area contributed by atoms with Crippen LogP contribution in [-0.2, 0) is 27.2 Å². The highest BCUT2D eigenvalue weighted by molar-refractivity contribution is 7.71. The molecule has 3 aromatic heterocycles. The van der Waals surface area contributed by atoms with E-state index in [1.54, 1.807) is 50.4 Å². The van der Waals surface area contributed by atoms with Crippen molar-refractivity contribution in [3.05, 3.63) is 109 Å². The maximum atomic E-state index is 15.1. The highest BCUT2D eigenvalue weighted by Crippen LogP contribution is 2.60. The molecule has 7 aromatic rings. The van der Waals surface area contributed by atoms with E-state index in [1.165, 1.54) is 11.3 Å². The lowest BCUT2D eigenvalue weighted by Gasteiger charge is -2.23. The molecule has 0 aliphatic carbocycles. The van der Waals surface area contributed by atoms with Crippen molar-refractivity contribution in [2.45, 2.75) is 27.7 Å². The Morgan fingerprint density at radius 3 is 1.18 bits per heavy atom. The standard InChI is InChI=1S/C40H38O6P2S3/c1-5-43-47(41,44-6-2)37-38(48(42,45-7-3)46-8-4)40(36-26-24-34(50-36)32-22-14-18-28-16-10-12-20-30(28)32)51-39(37)35-25-23-33(49-35)31-21-13-17-27-15-9-11-19-29(27)31/h9-26H,5-8H2,1-4H3. The van der Waals surface area contributed by atoms with Gasteiger partial charge in [-0.25, -0.2) is 0 Å². The van der Waals surface area contributed by atoms with Crippen molar-refractivity contribution in [2.24, 2.45) is 0 Å². The van der Waals surface area contributed by atoms with Crippen molar-refractivity contribution in [3.8, 4) is 40.4 Å². The summed E-state index contributed by atoms with van der Waals surface area (Å²) in [6.07, 6.45) is 0. The molecule has 0 atom stereocenters. The minimum atomic E-state index is -4.05. The summed E-state index contributed by atoms with van der Waals surface area (Å²) in [5.41, 5.74) is 2.21. The number of rotatable bonds is 14. The van der Waals surface area contributed by atoms with Crippen LogP contribution < -0.4 is 10.6 Å². The molecular weight excluding hydrogens is 735 g/mol. The van der Waals surface area contributed by atoms with Crippen molar-refractivity contribution in [3.63, 3.8) is 0 Å². The molecule has 262 valence electrons. The molecule has 51 heavy (non-hydrogen) atoms. The van der Waals surface area contributed by atoms with Crippen LogP contribution in [0.4, 0.5) is 0 Å². The van der Waals surface area contributed by atoms with Crippen LogP contribution in [0.5, 0.6) is 0 Å². The molecule has 0 fully saturated rings. The monoisotopic (exact) mass is 772 g/mol. The van der Waals surface area contributed by atoms with Crippen LogP contribution in [-0.4, -0.2) is 26.4 Å². The molecule has 0 bridgehead atoms. The molecule has 0 amide bonds. The second kappa shape index (κ2) is 15.4. The van der Waals surface area contributed by atoms with E-state index in [-0.39, 0.29) is 37.0 Å². The normalized spacial score (nSPS) is 12.3. The Bertz CT molecular complexity index is 2230. The Hall–Kier alpha value is -3.20. The van der Waals surface area contributed by atoms with Gasteiger partial charge in [0.25, 0.3) is 0 Å². The van der Waals surface area contributed by atoms with Crippen molar-refractivity contribution in [1.29, 1.82) is 0 Å². The fourth-order valence-electron chi connectivity index (χ4n) is 6.36. The Morgan fingerprint density at radius 1 is 0.431 bits per heavy atom. The van der Waals surface area contributed by atoms with Gasteiger partial charge in [0, 0.05) is 19.5 Å². The predicted octanol–water partition coefficient (Wildman–Crippen LogP) is 12.6. The van der Waals surface area contributed by atoms with Gasteiger partial charge in [0.05, 0.1) is 46.8 Å². The third-order valence-corrected chi connectivity index (χ3v) is 17.0. The second-order valence-corrected chi connectivity index (χ2v) is 18.6. The van der Waals surface area contributed by atoms with E-state index in [0.717, 1.165) is 52.2 Å². The average Bonchev–Trinajstić information content (AvgIpc) is 3.91. The molecule has 0 saturated carbocycles. The zero-order chi connectivity index (χ0) is 35.6. The van der Waals surface area contributed by atoms with Gasteiger partial charge in [-0.1, -0.05) is 84.9 Å². The Balaban J connectivity index is 1.50. The molecule has 0 N–H and O–H groups in total. The van der Waals surface area contributed by atoms with Crippen LogP contribution in [0.1, 0.15) is 27.7 Å². The molecule has 3 heterocycles. The van der Waals surface area contributed by atoms with E-state index in [9.17, 15) is 0 Å². The largest absolute Gasteiger partial charge is 0.363 e. The molecule has 0 radical (unpaired) electrons. The first-order valence-electron chi connectivity index (χ1n) is 17.0. The predicted molar refractivity (Wildman–Crippen MR) is 218 cm³/mol. The van der Waals surface area contributed by atoms with E-state index in [0.29, 0.717) is 9.75 Å². The fourth-order valence-corrected chi connectivity index (χ4v) is 15.3. The third kappa shape index (κ3) is 6.89. The summed E-state index contributed by atoms with van der Waals surface area (Å²) in [5, 5.41) is 5.10. The minimum Gasteiger partial charge on any atom is -0.305 e. The lowest BCUT2D eigenvalue weighted by Crippen LogP contribution is -2.28. The van der Waals surface area contributed by atoms with Gasteiger partial charge in [-0.15, -0.1) is 34.0 Å². The summed E-state index contributed by atoms with van der Waals surface area (Å²) >= 11 is 4.61. The number of hydrogen-bond acceptors (Lipinski definition) is 9. The van der Waals surface area contributed by atoms with Crippen molar-refractivity contribution in [1.82, 2.24) is 0 Å². The molecule has 0 aliphatic heterocycles. The minimum absolute atomic E-state index is 0.130. The van der Waals surface area contributed by atoms with Gasteiger partial charge >= 0.3 is 15.2 Å². The fraction of sp³-hybridized carbons (Fsp3) is 0.200. The topological polar surface area (TPSA) is 71.1 Å². The summed E-state index contributed by atoms with van der Waals surface area (Å²) in [6.45, 7) is 7.64. The van der Waals surface area contributed by atoms with E-state index in [1.807, 2.05) is 36.4 Å². The first-order chi connectivity index (χ1) is 24.8. The highest BCUT2D eigenvalue weighted by atomic mass is 32.1. The zero-order valence-corrected chi connectivity index (χ0v) is 33.0. The maximum absolute atomic E-state index is 15.1. The Kier molecular flexibility index (Phi) is 10.9. The van der Waals surface area contributed by atoms with E-state index in [4.69, 9.17) is 18.1 Å². The molecule has 0 spiro atoms. The van der Waals surface area contributed by atoms with Crippen LogP contribution in [0.2, 0.25) is 0 Å². The van der Waals surface area contributed by atoms with E-state index in [2.05, 4.69) is 72.8 Å². The molecule has 11 heteroatoms. The summed E-state index contributed by atoms with van der Waals surface area (Å²) in [6, 6.07) is 37.5. The van der Waals surface area contributed by atoms with Gasteiger partial charge in [-0.3, -0.25) is 9.13 Å². The lowest BCUT2D eigenvalue weighted by atomic mass is 10.0. The quantitative estimate of drug-likeness (QED) is 0.103. The smallest absolute Gasteiger partial charge is 0.305 e. The highest BCUT2D eigenvalue weighted by Gasteiger charge is 2.46. The van der Waals surface area contributed by atoms with Crippen LogP contribution in [0.25, 0.3) is 61.9 Å². The summed E-state index contributed by atoms with van der Waals surface area (Å²) in [4.78, 5) is 5.16. The van der Waals surface area contributed by atoms with E-state index < -0.39 is 15.2 Å². The summed E-state index contributed by atoms with van der Waals surface area (Å²) in [5.74, 6) is 0. The van der Waals surface area contributed by atoms with Crippen LogP contribution in [0.15, 0.2) is 109 Å². The number of hydrogen-bond donors (Lipinski definition) is 0. The number of fused-ring (bicyclic) bond motifs is 2. The Labute approximate surface area is 310 Å². The lowest BCUT2D eigenvalue weighted by molar-refractivity contribution is 0.226. The van der Waals surface area contributed by atoms with Crippen LogP contribution in [0.3, 0.4) is 0 Å². The first-order valence-corrected chi connectivity index (χ1v) is 22.5.